The number of piperidine rings is 1. The van der Waals surface area contributed by atoms with Gasteiger partial charge in [0.05, 0.1) is 37.4 Å². The van der Waals surface area contributed by atoms with Crippen LogP contribution in [0.4, 0.5) is 0 Å². The Balaban J connectivity index is 1.20. The first-order valence-electron chi connectivity index (χ1n) is 22.0. The van der Waals surface area contributed by atoms with Gasteiger partial charge in [0.15, 0.2) is 0 Å². The van der Waals surface area contributed by atoms with Crippen LogP contribution in [0.3, 0.4) is 0 Å². The van der Waals surface area contributed by atoms with Crippen LogP contribution in [0, 0.1) is 41.4 Å². The molecule has 10 atom stereocenters. The third-order valence-electron chi connectivity index (χ3n) is 13.7. The number of Topliss-reactive ketones (excluding diaryl/α,β-unsaturated/α-hetero) is 1. The molecule has 300 valence electrons. The van der Waals surface area contributed by atoms with E-state index in [-0.39, 0.29) is 30.5 Å². The number of aliphatic hydroxyl groups is 3. The molecule has 3 fully saturated rings. The molecule has 0 aromatic rings. The molecule has 0 spiro atoms. The average Bonchev–Trinajstić information content (AvgIpc) is 3.44. The number of aliphatic carboxylic acids is 1. The zero-order chi connectivity index (χ0) is 37.3. The Bertz CT molecular complexity index is 1070. The van der Waals surface area contributed by atoms with E-state index >= 15 is 0 Å². The fraction of sp³-hybridized carbons (Fsp3) is 0.907. The van der Waals surface area contributed by atoms with Crippen LogP contribution < -0.4 is 21.5 Å². The standard InChI is InChI=1S/C43H77N3O6/c1-2-3-6-12-31-18-19-34(40(49)26-31)15-9-5-10-16-37(42(50)51)39(48)20-22-43(52)28-35(25-32-21-24-46-41(44)27-32)36(29-43)30-45-23-11-17-38(47)33-13-7-4-8-14-33/h18-19,31-37,39-41,45-46,48-49,52H,2-17,20-30,44H2,1H3,(H,50,51)/p+1/t31-,32?,34+,35+,36-,37-,39+,40+,41?,43-/m0/s1. The second-order valence-electron chi connectivity index (χ2n) is 18.0. The van der Waals surface area contributed by atoms with Crippen molar-refractivity contribution in [3.8, 4) is 0 Å². The minimum atomic E-state index is -1.21. The maximum atomic E-state index is 12.7. The zero-order valence-corrected chi connectivity index (χ0v) is 32.8. The van der Waals surface area contributed by atoms with Crippen LogP contribution in [0.25, 0.3) is 0 Å². The lowest BCUT2D eigenvalue weighted by Crippen LogP contribution is -2.94. The van der Waals surface area contributed by atoms with Crippen LogP contribution in [-0.4, -0.2) is 70.7 Å². The highest BCUT2D eigenvalue weighted by Gasteiger charge is 2.46. The van der Waals surface area contributed by atoms with Gasteiger partial charge in [-0.15, -0.1) is 0 Å². The first-order chi connectivity index (χ1) is 25.1. The third-order valence-corrected chi connectivity index (χ3v) is 13.7. The topological polar surface area (TPSA) is 177 Å². The SMILES string of the molecule is CCCCC[C@H]1C=C[C@@H](CCCCC[C@H](C(=O)[O-])[C@H](O)CC[C@@]2(O)C[C@@H](C[NH2+]CCCC(=O)C3CCCCC3)[C@H](CC3CC[NH2+]C(N)C3)C2)[C@H](O)C1. The number of hydrogen-bond acceptors (Lipinski definition) is 7. The number of unbranched alkanes of at least 4 members (excludes halogenated alkanes) is 4. The summed E-state index contributed by atoms with van der Waals surface area (Å²) in [5.41, 5.74) is 5.38. The van der Waals surface area contributed by atoms with E-state index in [2.05, 4.69) is 29.7 Å². The normalized spacial score (nSPS) is 32.5. The lowest BCUT2D eigenvalue weighted by atomic mass is 9.81. The zero-order valence-electron chi connectivity index (χ0n) is 32.8. The number of carbonyl (C=O) groups excluding carboxylic acids is 2. The first kappa shape index (κ1) is 43.4. The fourth-order valence-electron chi connectivity index (χ4n) is 10.5. The molecule has 0 radical (unpaired) electrons. The Hall–Kier alpha value is -1.36. The van der Waals surface area contributed by atoms with Gasteiger partial charge < -0.3 is 35.9 Å². The second kappa shape index (κ2) is 22.9. The van der Waals surface area contributed by atoms with E-state index in [9.17, 15) is 30.0 Å². The molecule has 0 aromatic carbocycles. The van der Waals surface area contributed by atoms with Gasteiger partial charge in [-0.2, -0.15) is 0 Å². The molecule has 9 heteroatoms. The van der Waals surface area contributed by atoms with Crippen molar-refractivity contribution < 1.29 is 40.6 Å². The number of nitrogens with two attached hydrogens (primary N) is 3. The number of ketones is 1. The van der Waals surface area contributed by atoms with E-state index in [1.165, 1.54) is 38.5 Å². The summed E-state index contributed by atoms with van der Waals surface area (Å²) in [6, 6.07) is 0. The maximum absolute atomic E-state index is 12.7. The van der Waals surface area contributed by atoms with Crippen molar-refractivity contribution in [1.29, 1.82) is 0 Å². The van der Waals surface area contributed by atoms with Crippen LogP contribution in [0.1, 0.15) is 161 Å². The predicted molar refractivity (Wildman–Crippen MR) is 203 cm³/mol. The number of quaternary nitrogens is 2. The molecule has 1 aliphatic heterocycles. The van der Waals surface area contributed by atoms with E-state index in [4.69, 9.17) is 5.73 Å². The van der Waals surface area contributed by atoms with E-state index in [0.717, 1.165) is 90.3 Å². The highest BCUT2D eigenvalue weighted by Crippen LogP contribution is 2.45. The Morgan fingerprint density at radius 2 is 1.73 bits per heavy atom. The minimum absolute atomic E-state index is 0.144. The van der Waals surface area contributed by atoms with Crippen molar-refractivity contribution in [2.24, 2.45) is 47.2 Å². The molecular weight excluding hydrogens is 654 g/mol. The summed E-state index contributed by atoms with van der Waals surface area (Å²) in [5.74, 6) is 0.511. The van der Waals surface area contributed by atoms with Gasteiger partial charge in [-0.05, 0) is 94.8 Å². The maximum Gasteiger partial charge on any atom is 0.137 e. The predicted octanol–water partition coefficient (Wildman–Crippen LogP) is 3.48. The lowest BCUT2D eigenvalue weighted by molar-refractivity contribution is -0.699. The molecular formula is C43H78N3O6+. The van der Waals surface area contributed by atoms with Gasteiger partial charge in [0, 0.05) is 48.9 Å². The Labute approximate surface area is 315 Å². The number of carboxylic acid groups (broad SMARTS) is 1. The van der Waals surface area contributed by atoms with E-state index < -0.39 is 23.6 Å². The molecule has 2 unspecified atom stereocenters. The first-order valence-corrected chi connectivity index (χ1v) is 22.0. The molecule has 9 N–H and O–H groups in total. The van der Waals surface area contributed by atoms with Crippen LogP contribution in [0.2, 0.25) is 0 Å². The van der Waals surface area contributed by atoms with Crippen molar-refractivity contribution in [2.45, 2.75) is 185 Å². The number of carboxylic acids is 1. The van der Waals surface area contributed by atoms with Crippen LogP contribution in [-0.2, 0) is 9.59 Å². The van der Waals surface area contributed by atoms with Crippen LogP contribution >= 0.6 is 0 Å². The Morgan fingerprint density at radius 3 is 2.46 bits per heavy atom. The second-order valence-corrected chi connectivity index (χ2v) is 18.0. The van der Waals surface area contributed by atoms with Gasteiger partial charge >= 0.3 is 0 Å². The average molecular weight is 733 g/mol. The molecule has 0 bridgehead atoms. The highest BCUT2D eigenvalue weighted by atomic mass is 16.4. The van der Waals surface area contributed by atoms with E-state index in [1.54, 1.807) is 0 Å². The van der Waals surface area contributed by atoms with Gasteiger partial charge in [0.2, 0.25) is 0 Å². The number of aliphatic hydroxyl groups excluding tert-OH is 2. The molecule has 4 aliphatic rings. The summed E-state index contributed by atoms with van der Waals surface area (Å²) in [5, 5.41) is 50.4. The van der Waals surface area contributed by atoms with E-state index in [1.807, 2.05) is 0 Å². The van der Waals surface area contributed by atoms with Crippen LogP contribution in [0.15, 0.2) is 12.2 Å². The highest BCUT2D eigenvalue weighted by molar-refractivity contribution is 5.81. The van der Waals surface area contributed by atoms with Crippen LogP contribution in [0.5, 0.6) is 0 Å². The molecule has 1 saturated heterocycles. The Kier molecular flexibility index (Phi) is 19.1. The molecule has 3 aliphatic carbocycles. The number of rotatable bonds is 24. The van der Waals surface area contributed by atoms with Gasteiger partial charge in [0.25, 0.3) is 0 Å². The van der Waals surface area contributed by atoms with Crippen molar-refractivity contribution in [3.05, 3.63) is 12.2 Å². The molecule has 52 heavy (non-hydrogen) atoms. The Morgan fingerprint density at radius 1 is 0.962 bits per heavy atom. The molecule has 9 nitrogen and oxygen atoms in total. The summed E-state index contributed by atoms with van der Waals surface area (Å²) in [7, 11) is 0. The van der Waals surface area contributed by atoms with Gasteiger partial charge in [0.1, 0.15) is 11.9 Å². The number of carbonyl (C=O) groups is 2. The van der Waals surface area contributed by atoms with Crippen molar-refractivity contribution in [3.63, 3.8) is 0 Å². The summed E-state index contributed by atoms with van der Waals surface area (Å²) in [6.07, 6.45) is 25.2. The van der Waals surface area contributed by atoms with Crippen molar-refractivity contribution in [2.75, 3.05) is 19.6 Å². The van der Waals surface area contributed by atoms with Crippen molar-refractivity contribution >= 4 is 11.8 Å². The van der Waals surface area contributed by atoms with Gasteiger partial charge in [-0.1, -0.05) is 76.9 Å². The summed E-state index contributed by atoms with van der Waals surface area (Å²) in [4.78, 5) is 24.8. The molecule has 0 amide bonds. The quantitative estimate of drug-likeness (QED) is 0.0650. The molecule has 2 saturated carbocycles. The molecule has 1 heterocycles. The van der Waals surface area contributed by atoms with Crippen molar-refractivity contribution in [1.82, 2.24) is 0 Å². The monoisotopic (exact) mass is 733 g/mol. The smallest absolute Gasteiger partial charge is 0.137 e. The molecule has 0 aromatic heterocycles. The summed E-state index contributed by atoms with van der Waals surface area (Å²) in [6.45, 7) is 5.10. The largest absolute Gasteiger partial charge is 0.550 e. The third kappa shape index (κ3) is 14.7. The lowest BCUT2D eigenvalue weighted by Gasteiger charge is -2.30. The molecule has 4 rings (SSSR count). The summed E-state index contributed by atoms with van der Waals surface area (Å²) < 4.78 is 0. The minimum Gasteiger partial charge on any atom is -0.550 e. The van der Waals surface area contributed by atoms with Gasteiger partial charge in [-0.25, -0.2) is 0 Å². The fourth-order valence-corrected chi connectivity index (χ4v) is 10.5. The summed E-state index contributed by atoms with van der Waals surface area (Å²) >= 11 is 0. The number of hydrogen-bond donors (Lipinski definition) is 6. The number of allylic oxidation sites excluding steroid dienone is 1. The van der Waals surface area contributed by atoms with Gasteiger partial charge in [-0.3, -0.25) is 10.5 Å². The van der Waals surface area contributed by atoms with E-state index in [0.29, 0.717) is 68.0 Å².